The molecule has 5 nitrogen and oxygen atoms in total. The molecule has 21 heavy (non-hydrogen) atoms. The van der Waals surface area contributed by atoms with Gasteiger partial charge in [0.05, 0.1) is 12.2 Å². The molecule has 1 aliphatic carbocycles. The Morgan fingerprint density at radius 2 is 2.14 bits per heavy atom. The quantitative estimate of drug-likeness (QED) is 0.748. The molecule has 116 valence electrons. The van der Waals surface area contributed by atoms with Crippen LogP contribution in [0.5, 0.6) is 5.75 Å². The maximum atomic E-state index is 12.5. The molecule has 5 heteroatoms. The highest BCUT2D eigenvalue weighted by Gasteiger charge is 2.28. The molecule has 1 saturated carbocycles. The molecule has 2 unspecified atom stereocenters. The van der Waals surface area contributed by atoms with E-state index < -0.39 is 0 Å². The SMILES string of the molecule is COCCOc1ccccc1C(=O)NC1CCCC1CN. The Hall–Kier alpha value is -1.59. The zero-order chi connectivity index (χ0) is 15.1. The summed E-state index contributed by atoms with van der Waals surface area (Å²) in [6.07, 6.45) is 3.21. The zero-order valence-electron chi connectivity index (χ0n) is 12.5. The second-order valence-electron chi connectivity index (χ2n) is 5.34. The average molecular weight is 292 g/mol. The molecule has 1 aromatic rings. The van der Waals surface area contributed by atoms with Gasteiger partial charge in [-0.15, -0.1) is 0 Å². The Kier molecular flexibility index (Phi) is 6.02. The fourth-order valence-electron chi connectivity index (χ4n) is 2.77. The Labute approximate surface area is 125 Å². The molecule has 1 amide bonds. The highest BCUT2D eigenvalue weighted by Crippen LogP contribution is 2.26. The van der Waals surface area contributed by atoms with Gasteiger partial charge in [-0.05, 0) is 37.4 Å². The van der Waals surface area contributed by atoms with Crippen LogP contribution in [0, 0.1) is 5.92 Å². The van der Waals surface area contributed by atoms with Crippen molar-refractivity contribution in [2.24, 2.45) is 11.7 Å². The number of benzene rings is 1. The van der Waals surface area contributed by atoms with E-state index in [1.807, 2.05) is 12.1 Å². The lowest BCUT2D eigenvalue weighted by Crippen LogP contribution is -2.40. The number of hydrogen-bond acceptors (Lipinski definition) is 4. The minimum Gasteiger partial charge on any atom is -0.490 e. The summed E-state index contributed by atoms with van der Waals surface area (Å²) in [5, 5.41) is 3.10. The van der Waals surface area contributed by atoms with Gasteiger partial charge in [0.1, 0.15) is 12.4 Å². The van der Waals surface area contributed by atoms with Crippen LogP contribution >= 0.6 is 0 Å². The topological polar surface area (TPSA) is 73.6 Å². The van der Waals surface area contributed by atoms with Gasteiger partial charge in [0.15, 0.2) is 0 Å². The third kappa shape index (κ3) is 4.19. The lowest BCUT2D eigenvalue weighted by Gasteiger charge is -2.20. The minimum absolute atomic E-state index is 0.0895. The number of carbonyl (C=O) groups is 1. The van der Waals surface area contributed by atoms with E-state index in [1.165, 1.54) is 0 Å². The van der Waals surface area contributed by atoms with E-state index in [2.05, 4.69) is 5.32 Å². The normalized spacial score (nSPS) is 21.2. The van der Waals surface area contributed by atoms with Gasteiger partial charge in [0.2, 0.25) is 0 Å². The fourth-order valence-corrected chi connectivity index (χ4v) is 2.77. The van der Waals surface area contributed by atoms with Crippen LogP contribution in [-0.2, 0) is 4.74 Å². The molecule has 3 N–H and O–H groups in total. The number of ether oxygens (including phenoxy) is 2. The number of rotatable bonds is 7. The maximum Gasteiger partial charge on any atom is 0.255 e. The van der Waals surface area contributed by atoms with Crippen LogP contribution in [0.4, 0.5) is 0 Å². The predicted octanol–water partition coefficient (Wildman–Crippen LogP) is 1.57. The standard InChI is InChI=1S/C16H24N2O3/c1-20-9-10-21-15-8-3-2-6-13(15)16(19)18-14-7-4-5-12(14)11-17/h2-3,6,8,12,14H,4-5,7,9-11,17H2,1H3,(H,18,19). The second-order valence-corrected chi connectivity index (χ2v) is 5.34. The van der Waals surface area contributed by atoms with Crippen molar-refractivity contribution < 1.29 is 14.3 Å². The van der Waals surface area contributed by atoms with E-state index in [1.54, 1.807) is 19.2 Å². The van der Waals surface area contributed by atoms with Gasteiger partial charge in [-0.3, -0.25) is 4.79 Å². The first-order chi connectivity index (χ1) is 10.3. The number of carbonyl (C=O) groups excluding carboxylic acids is 1. The van der Waals surface area contributed by atoms with E-state index in [9.17, 15) is 4.79 Å². The van der Waals surface area contributed by atoms with Gasteiger partial charge < -0.3 is 20.5 Å². The fraction of sp³-hybridized carbons (Fsp3) is 0.562. The first-order valence-electron chi connectivity index (χ1n) is 7.48. The first kappa shape index (κ1) is 15.8. The number of para-hydroxylation sites is 1. The molecule has 0 saturated heterocycles. The summed E-state index contributed by atoms with van der Waals surface area (Å²) in [6, 6.07) is 7.46. The van der Waals surface area contributed by atoms with Crippen molar-refractivity contribution in [2.45, 2.75) is 25.3 Å². The number of nitrogens with one attached hydrogen (secondary N) is 1. The van der Waals surface area contributed by atoms with E-state index in [0.29, 0.717) is 37.0 Å². The zero-order valence-corrected chi connectivity index (χ0v) is 12.5. The number of methoxy groups -OCH3 is 1. The summed E-state index contributed by atoms with van der Waals surface area (Å²) >= 11 is 0. The van der Waals surface area contributed by atoms with E-state index >= 15 is 0 Å². The first-order valence-corrected chi connectivity index (χ1v) is 7.48. The van der Waals surface area contributed by atoms with Gasteiger partial charge in [-0.25, -0.2) is 0 Å². The molecule has 2 atom stereocenters. The molecule has 0 aliphatic heterocycles. The van der Waals surface area contributed by atoms with Crippen LogP contribution in [0.15, 0.2) is 24.3 Å². The van der Waals surface area contributed by atoms with Crippen LogP contribution in [0.2, 0.25) is 0 Å². The average Bonchev–Trinajstić information content (AvgIpc) is 2.95. The highest BCUT2D eigenvalue weighted by atomic mass is 16.5. The van der Waals surface area contributed by atoms with Gasteiger partial charge in [-0.2, -0.15) is 0 Å². The monoisotopic (exact) mass is 292 g/mol. The minimum atomic E-state index is -0.0895. The number of nitrogens with two attached hydrogens (primary N) is 1. The summed E-state index contributed by atoms with van der Waals surface area (Å²) in [7, 11) is 1.62. The Morgan fingerprint density at radius 1 is 1.33 bits per heavy atom. The molecule has 0 spiro atoms. The summed E-state index contributed by atoms with van der Waals surface area (Å²) in [4.78, 5) is 12.5. The lowest BCUT2D eigenvalue weighted by atomic mass is 10.0. The third-order valence-corrected chi connectivity index (χ3v) is 3.96. The van der Waals surface area contributed by atoms with Crippen molar-refractivity contribution in [1.29, 1.82) is 0 Å². The van der Waals surface area contributed by atoms with Crippen molar-refractivity contribution in [2.75, 3.05) is 26.9 Å². The van der Waals surface area contributed by atoms with Crippen LogP contribution in [0.25, 0.3) is 0 Å². The van der Waals surface area contributed by atoms with Gasteiger partial charge >= 0.3 is 0 Å². The van der Waals surface area contributed by atoms with Crippen LogP contribution < -0.4 is 15.8 Å². The lowest BCUT2D eigenvalue weighted by molar-refractivity contribution is 0.0921. The molecule has 0 aromatic heterocycles. The summed E-state index contributed by atoms with van der Waals surface area (Å²) in [5.74, 6) is 0.887. The van der Waals surface area contributed by atoms with Crippen LogP contribution in [0.1, 0.15) is 29.6 Å². The third-order valence-electron chi connectivity index (χ3n) is 3.96. The Bertz CT molecular complexity index is 465. The molecular weight excluding hydrogens is 268 g/mol. The van der Waals surface area contributed by atoms with Crippen molar-refractivity contribution >= 4 is 5.91 Å². The van der Waals surface area contributed by atoms with Crippen molar-refractivity contribution in [3.05, 3.63) is 29.8 Å². The Balaban J connectivity index is 2.01. The smallest absolute Gasteiger partial charge is 0.255 e. The van der Waals surface area contributed by atoms with Crippen LogP contribution in [-0.4, -0.2) is 38.8 Å². The van der Waals surface area contributed by atoms with Gasteiger partial charge in [0.25, 0.3) is 5.91 Å². The summed E-state index contributed by atoms with van der Waals surface area (Å²) < 4.78 is 10.6. The van der Waals surface area contributed by atoms with Crippen LogP contribution in [0.3, 0.4) is 0 Å². The van der Waals surface area contributed by atoms with Gasteiger partial charge in [0, 0.05) is 13.2 Å². The molecule has 1 fully saturated rings. The van der Waals surface area contributed by atoms with Crippen molar-refractivity contribution in [1.82, 2.24) is 5.32 Å². The van der Waals surface area contributed by atoms with E-state index in [-0.39, 0.29) is 11.9 Å². The van der Waals surface area contributed by atoms with E-state index in [4.69, 9.17) is 15.2 Å². The molecular formula is C16H24N2O3. The Morgan fingerprint density at radius 3 is 2.90 bits per heavy atom. The molecule has 0 heterocycles. The molecule has 2 rings (SSSR count). The number of hydrogen-bond donors (Lipinski definition) is 2. The molecule has 1 aliphatic rings. The van der Waals surface area contributed by atoms with Gasteiger partial charge in [-0.1, -0.05) is 18.6 Å². The maximum absolute atomic E-state index is 12.5. The molecule has 0 bridgehead atoms. The predicted molar refractivity (Wildman–Crippen MR) is 81.5 cm³/mol. The van der Waals surface area contributed by atoms with Crippen molar-refractivity contribution in [3.8, 4) is 5.75 Å². The molecule has 1 aromatic carbocycles. The largest absolute Gasteiger partial charge is 0.490 e. The molecule has 0 radical (unpaired) electrons. The van der Waals surface area contributed by atoms with E-state index in [0.717, 1.165) is 19.3 Å². The second kappa shape index (κ2) is 8.00. The summed E-state index contributed by atoms with van der Waals surface area (Å²) in [5.41, 5.74) is 6.33. The summed E-state index contributed by atoms with van der Waals surface area (Å²) in [6.45, 7) is 1.54. The van der Waals surface area contributed by atoms with Crippen molar-refractivity contribution in [3.63, 3.8) is 0 Å². The number of amides is 1. The highest BCUT2D eigenvalue weighted by molar-refractivity contribution is 5.97.